The minimum atomic E-state index is -0.263. The second-order valence-electron chi connectivity index (χ2n) is 8.92. The van der Waals surface area contributed by atoms with E-state index in [0.717, 1.165) is 40.5 Å². The SMILES string of the molecule is CCCC(CC(=O)OCC)n1c(=O)n(Cc2cn(C)c3cccc(C)c23)c2ccc(C)cc21. The van der Waals surface area contributed by atoms with E-state index in [0.29, 0.717) is 13.2 Å². The van der Waals surface area contributed by atoms with Gasteiger partial charge >= 0.3 is 11.7 Å². The number of ether oxygens (including phenoxy) is 1. The summed E-state index contributed by atoms with van der Waals surface area (Å²) in [6.45, 7) is 8.84. The number of carbonyl (C=O) groups excluding carboxylic acids is 1. The second-order valence-corrected chi connectivity index (χ2v) is 8.92. The molecule has 0 saturated heterocycles. The highest BCUT2D eigenvalue weighted by Crippen LogP contribution is 2.28. The lowest BCUT2D eigenvalue weighted by atomic mass is 10.1. The largest absolute Gasteiger partial charge is 0.466 e. The minimum absolute atomic E-state index is 0.0797. The average molecular weight is 448 g/mol. The summed E-state index contributed by atoms with van der Waals surface area (Å²) in [6, 6.07) is 12.2. The molecule has 0 amide bonds. The van der Waals surface area contributed by atoms with Crippen LogP contribution in [0.25, 0.3) is 21.9 Å². The maximum absolute atomic E-state index is 13.9. The molecule has 0 aliphatic heterocycles. The molecule has 4 aromatic rings. The zero-order valence-electron chi connectivity index (χ0n) is 20.2. The molecule has 0 aliphatic rings. The molecule has 0 saturated carbocycles. The summed E-state index contributed by atoms with van der Waals surface area (Å²) in [5.74, 6) is -0.263. The Hall–Kier alpha value is -3.28. The summed E-state index contributed by atoms with van der Waals surface area (Å²) >= 11 is 0. The Morgan fingerprint density at radius 2 is 1.85 bits per heavy atom. The number of hydrogen-bond acceptors (Lipinski definition) is 3. The first kappa shape index (κ1) is 22.9. The van der Waals surface area contributed by atoms with E-state index in [1.165, 1.54) is 10.9 Å². The Balaban J connectivity index is 1.88. The Morgan fingerprint density at radius 1 is 1.06 bits per heavy atom. The third-order valence-electron chi connectivity index (χ3n) is 6.44. The molecule has 0 fully saturated rings. The fourth-order valence-corrected chi connectivity index (χ4v) is 4.99. The van der Waals surface area contributed by atoms with Crippen molar-refractivity contribution in [3.05, 3.63) is 69.8 Å². The summed E-state index contributed by atoms with van der Waals surface area (Å²) in [6.07, 6.45) is 3.92. The standard InChI is InChI=1S/C27H33N3O3/c1-6-9-21(15-25(31)33-7-2)30-24-14-18(3)12-13-22(24)29(27(30)32)17-20-16-28(5)23-11-8-10-19(4)26(20)23/h8,10-14,16,21H,6-7,9,15,17H2,1-5H3. The second kappa shape index (κ2) is 9.30. The van der Waals surface area contributed by atoms with Gasteiger partial charge in [-0.3, -0.25) is 13.9 Å². The van der Waals surface area contributed by atoms with Crippen LogP contribution in [0.15, 0.2) is 47.4 Å². The first-order valence-corrected chi connectivity index (χ1v) is 11.8. The van der Waals surface area contributed by atoms with Crippen LogP contribution >= 0.6 is 0 Å². The van der Waals surface area contributed by atoms with Crippen LogP contribution in [-0.4, -0.2) is 26.3 Å². The van der Waals surface area contributed by atoms with Crippen molar-refractivity contribution < 1.29 is 9.53 Å². The summed E-state index contributed by atoms with van der Waals surface area (Å²) in [7, 11) is 2.04. The van der Waals surface area contributed by atoms with E-state index >= 15 is 0 Å². The normalized spacial score (nSPS) is 12.5. The van der Waals surface area contributed by atoms with Gasteiger partial charge in [0.2, 0.25) is 0 Å². The monoisotopic (exact) mass is 447 g/mol. The lowest BCUT2D eigenvalue weighted by molar-refractivity contribution is -0.144. The molecule has 1 unspecified atom stereocenters. The molecule has 4 rings (SSSR count). The van der Waals surface area contributed by atoms with Crippen molar-refractivity contribution in [2.45, 2.75) is 59.5 Å². The maximum atomic E-state index is 13.9. The van der Waals surface area contributed by atoms with Crippen LogP contribution < -0.4 is 5.69 Å². The van der Waals surface area contributed by atoms with E-state index in [9.17, 15) is 9.59 Å². The molecule has 2 aromatic heterocycles. The highest BCUT2D eigenvalue weighted by molar-refractivity contribution is 5.87. The molecule has 33 heavy (non-hydrogen) atoms. The Bertz CT molecular complexity index is 1370. The predicted octanol–water partition coefficient (Wildman–Crippen LogP) is 5.25. The van der Waals surface area contributed by atoms with Gasteiger partial charge in [-0.1, -0.05) is 31.5 Å². The lowest BCUT2D eigenvalue weighted by Crippen LogP contribution is -2.29. The molecule has 0 radical (unpaired) electrons. The van der Waals surface area contributed by atoms with Crippen LogP contribution in [0.3, 0.4) is 0 Å². The van der Waals surface area contributed by atoms with Gasteiger partial charge in [0, 0.05) is 30.2 Å². The van der Waals surface area contributed by atoms with E-state index in [-0.39, 0.29) is 24.1 Å². The smallest absolute Gasteiger partial charge is 0.329 e. The van der Waals surface area contributed by atoms with Crippen molar-refractivity contribution in [2.24, 2.45) is 7.05 Å². The Kier molecular flexibility index (Phi) is 6.45. The van der Waals surface area contributed by atoms with Crippen molar-refractivity contribution in [3.63, 3.8) is 0 Å². The number of benzene rings is 2. The average Bonchev–Trinajstić information content (AvgIpc) is 3.23. The van der Waals surface area contributed by atoms with Crippen LogP contribution in [0, 0.1) is 13.8 Å². The summed E-state index contributed by atoms with van der Waals surface area (Å²) in [4.78, 5) is 26.2. The predicted molar refractivity (Wildman–Crippen MR) is 133 cm³/mol. The molecule has 174 valence electrons. The topological polar surface area (TPSA) is 58.2 Å². The quantitative estimate of drug-likeness (QED) is 0.347. The molecule has 2 heterocycles. The third-order valence-corrected chi connectivity index (χ3v) is 6.44. The highest BCUT2D eigenvalue weighted by Gasteiger charge is 2.24. The van der Waals surface area contributed by atoms with E-state index in [1.54, 1.807) is 6.92 Å². The number of carbonyl (C=O) groups is 1. The summed E-state index contributed by atoms with van der Waals surface area (Å²) in [5.41, 5.74) is 6.24. The van der Waals surface area contributed by atoms with Crippen molar-refractivity contribution >= 4 is 27.9 Å². The number of rotatable bonds is 8. The summed E-state index contributed by atoms with van der Waals surface area (Å²) in [5, 5.41) is 1.19. The molecule has 2 aromatic carbocycles. The highest BCUT2D eigenvalue weighted by atomic mass is 16.5. The summed E-state index contributed by atoms with van der Waals surface area (Å²) < 4.78 is 11.0. The lowest BCUT2D eigenvalue weighted by Gasteiger charge is -2.17. The van der Waals surface area contributed by atoms with Crippen LogP contribution in [0.4, 0.5) is 0 Å². The molecule has 1 atom stereocenters. The fraction of sp³-hybridized carbons (Fsp3) is 0.407. The van der Waals surface area contributed by atoms with E-state index in [1.807, 2.05) is 35.2 Å². The number of nitrogens with zero attached hydrogens (tertiary/aromatic N) is 3. The molecular weight excluding hydrogens is 414 g/mol. The first-order chi connectivity index (χ1) is 15.8. The maximum Gasteiger partial charge on any atom is 0.329 e. The zero-order chi connectivity index (χ0) is 23.7. The van der Waals surface area contributed by atoms with Crippen molar-refractivity contribution in [2.75, 3.05) is 6.61 Å². The van der Waals surface area contributed by atoms with Gasteiger partial charge in [-0.2, -0.15) is 0 Å². The number of aromatic nitrogens is 3. The fourth-order valence-electron chi connectivity index (χ4n) is 4.99. The minimum Gasteiger partial charge on any atom is -0.466 e. The van der Waals surface area contributed by atoms with E-state index < -0.39 is 0 Å². The number of fused-ring (bicyclic) bond motifs is 2. The van der Waals surface area contributed by atoms with Gasteiger partial charge in [0.15, 0.2) is 0 Å². The van der Waals surface area contributed by atoms with Crippen LogP contribution in [-0.2, 0) is 23.1 Å². The van der Waals surface area contributed by atoms with Crippen LogP contribution in [0.1, 0.15) is 55.8 Å². The number of hydrogen-bond donors (Lipinski definition) is 0. The number of esters is 1. The molecule has 0 spiro atoms. The Morgan fingerprint density at radius 3 is 2.58 bits per heavy atom. The van der Waals surface area contributed by atoms with Gasteiger partial charge in [0.25, 0.3) is 0 Å². The van der Waals surface area contributed by atoms with Gasteiger partial charge in [-0.25, -0.2) is 4.79 Å². The van der Waals surface area contributed by atoms with Crippen molar-refractivity contribution in [1.82, 2.24) is 13.7 Å². The third kappa shape index (κ3) is 4.22. The molecule has 0 aliphatic carbocycles. The molecule has 0 bridgehead atoms. The molecule has 6 nitrogen and oxygen atoms in total. The van der Waals surface area contributed by atoms with Crippen molar-refractivity contribution in [1.29, 1.82) is 0 Å². The van der Waals surface area contributed by atoms with Gasteiger partial charge < -0.3 is 9.30 Å². The molecule has 0 N–H and O–H groups in total. The van der Waals surface area contributed by atoms with E-state index in [2.05, 4.69) is 48.9 Å². The zero-order valence-corrected chi connectivity index (χ0v) is 20.2. The van der Waals surface area contributed by atoms with Crippen LogP contribution in [0.5, 0.6) is 0 Å². The van der Waals surface area contributed by atoms with Gasteiger partial charge in [0.1, 0.15) is 0 Å². The first-order valence-electron chi connectivity index (χ1n) is 11.8. The van der Waals surface area contributed by atoms with E-state index in [4.69, 9.17) is 4.74 Å². The number of aryl methyl sites for hydroxylation is 3. The van der Waals surface area contributed by atoms with Gasteiger partial charge in [0.05, 0.1) is 30.6 Å². The van der Waals surface area contributed by atoms with Crippen LogP contribution in [0.2, 0.25) is 0 Å². The number of imidazole rings is 1. The van der Waals surface area contributed by atoms with Crippen molar-refractivity contribution in [3.8, 4) is 0 Å². The molecular formula is C27H33N3O3. The Labute approximate surface area is 194 Å². The van der Waals surface area contributed by atoms with Gasteiger partial charge in [-0.05, 0) is 62.1 Å². The van der Waals surface area contributed by atoms with Gasteiger partial charge in [-0.15, -0.1) is 0 Å². The molecule has 6 heteroatoms.